The van der Waals surface area contributed by atoms with Gasteiger partial charge in [0.05, 0.1) is 12.2 Å². The Morgan fingerprint density at radius 2 is 1.39 bits per heavy atom. The zero-order valence-electron chi connectivity index (χ0n) is 15.0. The first-order chi connectivity index (χ1) is 11.0. The first kappa shape index (κ1) is 16.2. The summed E-state index contributed by atoms with van der Waals surface area (Å²) in [4.78, 5) is 0. The Balaban J connectivity index is 2.30. The first-order valence-electron chi connectivity index (χ1n) is 8.87. The lowest BCUT2D eigenvalue weighted by Gasteiger charge is -2.29. The lowest BCUT2D eigenvalue weighted by molar-refractivity contribution is 0.232. The minimum Gasteiger partial charge on any atom is -0.490 e. The molecule has 0 amide bonds. The van der Waals surface area contributed by atoms with Crippen molar-refractivity contribution in [3.05, 3.63) is 35.4 Å². The molecular formula is C21H28O2. The minimum absolute atomic E-state index is 0.177. The molecule has 0 spiro atoms. The van der Waals surface area contributed by atoms with Gasteiger partial charge in [-0.25, -0.2) is 0 Å². The second-order valence-electron chi connectivity index (χ2n) is 7.34. The molecule has 0 aromatic heterocycles. The normalized spacial score (nSPS) is 17.6. The summed E-state index contributed by atoms with van der Waals surface area (Å²) in [6.07, 6.45) is 3.74. The van der Waals surface area contributed by atoms with Crippen molar-refractivity contribution in [2.75, 3.05) is 0 Å². The summed E-state index contributed by atoms with van der Waals surface area (Å²) in [7, 11) is 0. The van der Waals surface area contributed by atoms with E-state index in [1.54, 1.807) is 0 Å². The van der Waals surface area contributed by atoms with Crippen LogP contribution in [0.15, 0.2) is 24.3 Å². The molecule has 3 rings (SSSR count). The third-order valence-corrected chi connectivity index (χ3v) is 4.48. The number of rotatable bonds is 4. The van der Waals surface area contributed by atoms with Crippen molar-refractivity contribution in [1.82, 2.24) is 0 Å². The number of fused-ring (bicyclic) bond motifs is 2. The van der Waals surface area contributed by atoms with Gasteiger partial charge in [0.15, 0.2) is 0 Å². The van der Waals surface area contributed by atoms with Crippen molar-refractivity contribution in [2.45, 2.75) is 66.1 Å². The molecule has 1 unspecified atom stereocenters. The fourth-order valence-electron chi connectivity index (χ4n) is 3.54. The fourth-order valence-corrected chi connectivity index (χ4v) is 3.54. The first-order valence-corrected chi connectivity index (χ1v) is 8.87. The summed E-state index contributed by atoms with van der Waals surface area (Å²) < 4.78 is 12.5. The molecule has 124 valence electrons. The van der Waals surface area contributed by atoms with E-state index in [0.717, 1.165) is 24.3 Å². The van der Waals surface area contributed by atoms with Crippen LogP contribution < -0.4 is 9.47 Å². The number of benzene rings is 2. The van der Waals surface area contributed by atoms with E-state index in [4.69, 9.17) is 9.47 Å². The predicted molar refractivity (Wildman–Crippen MR) is 96.7 cm³/mol. The lowest BCUT2D eigenvalue weighted by atomic mass is 9.82. The van der Waals surface area contributed by atoms with Gasteiger partial charge in [0.25, 0.3) is 0 Å². The van der Waals surface area contributed by atoms with E-state index in [0.29, 0.717) is 5.92 Å². The SMILES string of the molecule is CC1CCc2c(c(OC(C)C)c3ccccc3c2OC(C)C)C1. The summed E-state index contributed by atoms with van der Waals surface area (Å²) >= 11 is 0. The summed E-state index contributed by atoms with van der Waals surface area (Å²) in [5, 5.41) is 2.37. The highest BCUT2D eigenvalue weighted by Gasteiger charge is 2.27. The Bertz CT molecular complexity index is 701. The topological polar surface area (TPSA) is 18.5 Å². The molecule has 0 saturated carbocycles. The summed E-state index contributed by atoms with van der Waals surface area (Å²) in [6.45, 7) is 10.7. The molecule has 2 aromatic carbocycles. The van der Waals surface area contributed by atoms with Crippen LogP contribution in [0.5, 0.6) is 11.5 Å². The Morgan fingerprint density at radius 3 is 1.91 bits per heavy atom. The monoisotopic (exact) mass is 312 g/mol. The van der Waals surface area contributed by atoms with E-state index >= 15 is 0 Å². The molecule has 1 atom stereocenters. The van der Waals surface area contributed by atoms with Gasteiger partial charge in [-0.1, -0.05) is 31.2 Å². The van der Waals surface area contributed by atoms with Crippen LogP contribution >= 0.6 is 0 Å². The van der Waals surface area contributed by atoms with Crippen LogP contribution in [-0.2, 0) is 12.8 Å². The van der Waals surface area contributed by atoms with Crippen molar-refractivity contribution in [3.63, 3.8) is 0 Å². The highest BCUT2D eigenvalue weighted by Crippen LogP contribution is 2.45. The van der Waals surface area contributed by atoms with Crippen LogP contribution in [0.1, 0.15) is 52.2 Å². The Morgan fingerprint density at radius 1 is 0.870 bits per heavy atom. The van der Waals surface area contributed by atoms with Gasteiger partial charge in [0, 0.05) is 21.9 Å². The molecule has 0 N–H and O–H groups in total. The van der Waals surface area contributed by atoms with Crippen molar-refractivity contribution in [3.8, 4) is 11.5 Å². The highest BCUT2D eigenvalue weighted by atomic mass is 16.5. The maximum absolute atomic E-state index is 6.28. The maximum atomic E-state index is 6.28. The van der Waals surface area contributed by atoms with Crippen LogP contribution in [0.25, 0.3) is 10.8 Å². The molecular weight excluding hydrogens is 284 g/mol. The summed E-state index contributed by atoms with van der Waals surface area (Å²) in [6, 6.07) is 8.51. The molecule has 0 radical (unpaired) electrons. The van der Waals surface area contributed by atoms with E-state index in [9.17, 15) is 0 Å². The quantitative estimate of drug-likeness (QED) is 0.738. The van der Waals surface area contributed by atoms with Gasteiger partial charge in [-0.15, -0.1) is 0 Å². The number of hydrogen-bond acceptors (Lipinski definition) is 2. The molecule has 0 saturated heterocycles. The Kier molecular flexibility index (Phi) is 4.52. The second-order valence-corrected chi connectivity index (χ2v) is 7.34. The van der Waals surface area contributed by atoms with E-state index in [-0.39, 0.29) is 12.2 Å². The van der Waals surface area contributed by atoms with Gasteiger partial charge in [-0.3, -0.25) is 0 Å². The molecule has 0 fully saturated rings. The maximum Gasteiger partial charge on any atom is 0.131 e. The van der Waals surface area contributed by atoms with Crippen LogP contribution in [-0.4, -0.2) is 12.2 Å². The van der Waals surface area contributed by atoms with Crippen molar-refractivity contribution in [2.24, 2.45) is 5.92 Å². The average Bonchev–Trinajstić information content (AvgIpc) is 2.49. The molecule has 2 nitrogen and oxygen atoms in total. The second kappa shape index (κ2) is 6.43. The fraction of sp³-hybridized carbons (Fsp3) is 0.524. The molecule has 2 aromatic rings. The van der Waals surface area contributed by atoms with E-state index in [1.807, 2.05) is 0 Å². The standard InChI is InChI=1S/C21H28O2/c1-13(2)22-20-16-8-6-7-9-17(16)21(23-14(3)4)19-12-15(5)10-11-18(19)20/h6-9,13-15H,10-12H2,1-5H3. The van der Waals surface area contributed by atoms with Gasteiger partial charge < -0.3 is 9.47 Å². The van der Waals surface area contributed by atoms with Crippen molar-refractivity contribution in [1.29, 1.82) is 0 Å². The third kappa shape index (κ3) is 3.17. The van der Waals surface area contributed by atoms with Crippen LogP contribution in [0.2, 0.25) is 0 Å². The minimum atomic E-state index is 0.177. The van der Waals surface area contributed by atoms with Gasteiger partial charge >= 0.3 is 0 Å². The van der Waals surface area contributed by atoms with Crippen molar-refractivity contribution < 1.29 is 9.47 Å². The lowest BCUT2D eigenvalue weighted by Crippen LogP contribution is -2.18. The van der Waals surface area contributed by atoms with E-state index in [1.165, 1.54) is 28.3 Å². The van der Waals surface area contributed by atoms with E-state index < -0.39 is 0 Å². The van der Waals surface area contributed by atoms with Gasteiger partial charge in [-0.05, 0) is 52.9 Å². The molecule has 2 heteroatoms. The largest absolute Gasteiger partial charge is 0.490 e. The van der Waals surface area contributed by atoms with Gasteiger partial charge in [-0.2, -0.15) is 0 Å². The zero-order chi connectivity index (χ0) is 16.6. The molecule has 1 aliphatic carbocycles. The molecule has 23 heavy (non-hydrogen) atoms. The van der Waals surface area contributed by atoms with Gasteiger partial charge in [0.1, 0.15) is 11.5 Å². The van der Waals surface area contributed by atoms with Gasteiger partial charge in [0.2, 0.25) is 0 Å². The van der Waals surface area contributed by atoms with Crippen LogP contribution in [0.3, 0.4) is 0 Å². The molecule has 1 aliphatic rings. The predicted octanol–water partition coefficient (Wildman–Crippen LogP) is 5.54. The number of hydrogen-bond donors (Lipinski definition) is 0. The zero-order valence-corrected chi connectivity index (χ0v) is 15.0. The van der Waals surface area contributed by atoms with Crippen LogP contribution in [0, 0.1) is 5.92 Å². The summed E-state index contributed by atoms with van der Waals surface area (Å²) in [5.74, 6) is 2.85. The average molecular weight is 312 g/mol. The molecule has 0 aliphatic heterocycles. The molecule has 0 bridgehead atoms. The number of ether oxygens (including phenoxy) is 2. The molecule has 0 heterocycles. The van der Waals surface area contributed by atoms with Crippen molar-refractivity contribution >= 4 is 10.8 Å². The highest BCUT2D eigenvalue weighted by molar-refractivity contribution is 5.96. The third-order valence-electron chi connectivity index (χ3n) is 4.48. The smallest absolute Gasteiger partial charge is 0.131 e. The van der Waals surface area contributed by atoms with Crippen LogP contribution in [0.4, 0.5) is 0 Å². The summed E-state index contributed by atoms with van der Waals surface area (Å²) in [5.41, 5.74) is 2.73. The van der Waals surface area contributed by atoms with E-state index in [2.05, 4.69) is 58.9 Å². The Labute approximate surface area is 139 Å². The Hall–Kier alpha value is -1.70.